The van der Waals surface area contributed by atoms with Crippen LogP contribution in [0.2, 0.25) is 0 Å². The molecule has 0 aromatic heterocycles. The van der Waals surface area contributed by atoms with Gasteiger partial charge in [0, 0.05) is 18.8 Å². The molecule has 186 valence electrons. The quantitative estimate of drug-likeness (QED) is 0.526. The van der Waals surface area contributed by atoms with Crippen molar-refractivity contribution in [2.75, 3.05) is 31.2 Å². The van der Waals surface area contributed by atoms with Crippen molar-refractivity contribution in [1.82, 2.24) is 4.90 Å². The van der Waals surface area contributed by atoms with Gasteiger partial charge in [-0.25, -0.2) is 0 Å². The van der Waals surface area contributed by atoms with Crippen LogP contribution in [-0.4, -0.2) is 71.8 Å². The number of cyclic esters (lactones) is 1. The van der Waals surface area contributed by atoms with E-state index in [9.17, 15) is 19.5 Å². The number of β-amino-alcohol motifs (C(OH)–C–C–N with tert-alkyl or cyclic N) is 1. The van der Waals surface area contributed by atoms with Crippen molar-refractivity contribution >= 4 is 23.5 Å². The van der Waals surface area contributed by atoms with Gasteiger partial charge in [0.2, 0.25) is 5.91 Å². The molecule has 2 fully saturated rings. The Labute approximate surface area is 205 Å². The molecule has 1 spiro atoms. The first-order valence-corrected chi connectivity index (χ1v) is 12.4. The summed E-state index contributed by atoms with van der Waals surface area (Å²) in [5.41, 5.74) is 1.38. The first-order valence-electron chi connectivity index (χ1n) is 12.4. The number of aliphatic hydroxyl groups excluding tert-OH is 1. The van der Waals surface area contributed by atoms with Crippen molar-refractivity contribution in [3.05, 3.63) is 53.6 Å². The van der Waals surface area contributed by atoms with Gasteiger partial charge in [-0.15, -0.1) is 0 Å². The van der Waals surface area contributed by atoms with E-state index >= 15 is 0 Å². The Balaban J connectivity index is 1.62. The zero-order valence-corrected chi connectivity index (χ0v) is 20.2. The van der Waals surface area contributed by atoms with Crippen molar-refractivity contribution < 1.29 is 29.0 Å². The zero-order valence-electron chi connectivity index (χ0n) is 20.2. The standard InChI is InChI=1S/C27H32N2O6/c1-17-9-7-10-18(2)22(17)28-13-8-12-27-21(24(31)29(14-15-30)23(27)25(28)32)20-19(35-27)11-5-3-4-6-16-34-26(20)33/h5,7-12,19-21,23,30H,3-4,6,13-16H2,1-2H3/b11-5-/t19-,20+,21-,23?,27-/m0/s1. The monoisotopic (exact) mass is 480 g/mol. The van der Waals surface area contributed by atoms with Gasteiger partial charge in [-0.05, 0) is 44.2 Å². The van der Waals surface area contributed by atoms with Crippen LogP contribution in [0, 0.1) is 25.7 Å². The summed E-state index contributed by atoms with van der Waals surface area (Å²) >= 11 is 0. The number of aliphatic hydroxyl groups is 1. The number of ether oxygens (including phenoxy) is 2. The number of carbonyl (C=O) groups excluding carboxylic acids is 3. The second-order valence-electron chi connectivity index (χ2n) is 9.78. The first kappa shape index (κ1) is 23.8. The van der Waals surface area contributed by atoms with E-state index < -0.39 is 35.6 Å². The average molecular weight is 481 g/mol. The predicted molar refractivity (Wildman–Crippen MR) is 129 cm³/mol. The van der Waals surface area contributed by atoms with Gasteiger partial charge in [-0.1, -0.05) is 42.5 Å². The van der Waals surface area contributed by atoms with E-state index in [1.165, 1.54) is 4.90 Å². The Morgan fingerprint density at radius 3 is 2.60 bits per heavy atom. The van der Waals surface area contributed by atoms with E-state index in [2.05, 4.69) is 0 Å². The molecule has 0 saturated carbocycles. The number of aryl methyl sites for hydroxylation is 2. The molecule has 2 amide bonds. The molecule has 1 N–H and O–H groups in total. The highest BCUT2D eigenvalue weighted by Gasteiger charge is 2.71. The van der Waals surface area contributed by atoms with E-state index in [1.54, 1.807) is 11.0 Å². The molecule has 4 aliphatic heterocycles. The van der Waals surface area contributed by atoms with Crippen LogP contribution in [0.15, 0.2) is 42.5 Å². The Bertz CT molecular complexity index is 1080. The van der Waals surface area contributed by atoms with Crippen LogP contribution in [0.5, 0.6) is 0 Å². The number of allylic oxidation sites excluding steroid dienone is 1. The van der Waals surface area contributed by atoms with Gasteiger partial charge in [-0.2, -0.15) is 0 Å². The lowest BCUT2D eigenvalue weighted by molar-refractivity contribution is -0.154. The predicted octanol–water partition coefficient (Wildman–Crippen LogP) is 2.06. The summed E-state index contributed by atoms with van der Waals surface area (Å²) < 4.78 is 12.1. The number of carbonyl (C=O) groups is 3. The Kier molecular flexibility index (Phi) is 6.27. The summed E-state index contributed by atoms with van der Waals surface area (Å²) in [5, 5.41) is 9.78. The van der Waals surface area contributed by atoms with E-state index in [0.29, 0.717) is 13.2 Å². The van der Waals surface area contributed by atoms with Crippen molar-refractivity contribution in [3.8, 4) is 0 Å². The molecule has 1 unspecified atom stereocenters. The molecule has 1 aromatic rings. The highest BCUT2D eigenvalue weighted by atomic mass is 16.6. The van der Waals surface area contributed by atoms with E-state index in [1.807, 2.05) is 50.3 Å². The molecule has 5 atom stereocenters. The molecule has 2 saturated heterocycles. The van der Waals surface area contributed by atoms with Crippen molar-refractivity contribution in [3.63, 3.8) is 0 Å². The SMILES string of the molecule is Cc1cccc(C)c1N1CC=C[C@]23O[C@H]4/C=C\CCCCOC(=O)[C@H]4[C@H]2C(=O)N(CCO)C3C1=O. The number of fused-ring (bicyclic) bond motifs is 2. The summed E-state index contributed by atoms with van der Waals surface area (Å²) in [6.07, 6.45) is 9.30. The molecular weight excluding hydrogens is 448 g/mol. The minimum atomic E-state index is -1.32. The normalized spacial score (nSPS) is 33.6. The number of hydrogen-bond acceptors (Lipinski definition) is 6. The van der Waals surface area contributed by atoms with Gasteiger partial charge < -0.3 is 24.4 Å². The van der Waals surface area contributed by atoms with Gasteiger partial charge in [0.15, 0.2) is 0 Å². The summed E-state index contributed by atoms with van der Waals surface area (Å²) in [6, 6.07) is 4.85. The number of amides is 2. The molecule has 1 aromatic carbocycles. The van der Waals surface area contributed by atoms with Gasteiger partial charge in [0.05, 0.1) is 25.2 Å². The first-order chi connectivity index (χ1) is 16.9. The molecule has 5 rings (SSSR count). The van der Waals surface area contributed by atoms with Crippen molar-refractivity contribution in [1.29, 1.82) is 0 Å². The maximum absolute atomic E-state index is 14.2. The van der Waals surface area contributed by atoms with Crippen LogP contribution in [0.3, 0.4) is 0 Å². The number of hydrogen-bond donors (Lipinski definition) is 1. The smallest absolute Gasteiger partial charge is 0.312 e. The van der Waals surface area contributed by atoms with E-state index in [4.69, 9.17) is 9.47 Å². The molecule has 4 heterocycles. The third-order valence-electron chi connectivity index (χ3n) is 7.65. The van der Waals surface area contributed by atoms with Gasteiger partial charge >= 0.3 is 5.97 Å². The zero-order chi connectivity index (χ0) is 24.7. The van der Waals surface area contributed by atoms with Crippen LogP contribution in [-0.2, 0) is 23.9 Å². The minimum Gasteiger partial charge on any atom is -0.465 e. The molecule has 0 bridgehead atoms. The Morgan fingerprint density at radius 1 is 1.09 bits per heavy atom. The molecule has 8 nitrogen and oxygen atoms in total. The fourth-order valence-electron chi connectivity index (χ4n) is 6.20. The lowest BCUT2D eigenvalue weighted by Crippen LogP contribution is -2.56. The average Bonchev–Trinajstić information content (AvgIpc) is 3.20. The number of nitrogens with zero attached hydrogens (tertiary/aromatic N) is 2. The summed E-state index contributed by atoms with van der Waals surface area (Å²) in [4.78, 5) is 44.3. The third-order valence-corrected chi connectivity index (χ3v) is 7.65. The van der Waals surface area contributed by atoms with Crippen LogP contribution in [0.4, 0.5) is 5.69 Å². The van der Waals surface area contributed by atoms with E-state index in [-0.39, 0.29) is 25.0 Å². The number of likely N-dealkylation sites (tertiary alicyclic amines) is 1. The Hall–Kier alpha value is -2.97. The van der Waals surface area contributed by atoms with Crippen LogP contribution in [0.25, 0.3) is 0 Å². The summed E-state index contributed by atoms with van der Waals surface area (Å²) in [6.45, 7) is 4.19. The molecule has 4 aliphatic rings. The number of anilines is 1. The summed E-state index contributed by atoms with van der Waals surface area (Å²) in [5.74, 6) is -2.87. The maximum atomic E-state index is 14.2. The topological polar surface area (TPSA) is 96.4 Å². The fourth-order valence-corrected chi connectivity index (χ4v) is 6.20. The highest BCUT2D eigenvalue weighted by molar-refractivity contribution is 6.06. The second kappa shape index (κ2) is 9.24. The number of benzene rings is 1. The van der Waals surface area contributed by atoms with Crippen molar-refractivity contribution in [2.24, 2.45) is 11.8 Å². The van der Waals surface area contributed by atoms with Crippen LogP contribution < -0.4 is 4.90 Å². The van der Waals surface area contributed by atoms with Crippen molar-refractivity contribution in [2.45, 2.75) is 50.9 Å². The van der Waals surface area contributed by atoms with Gasteiger partial charge in [-0.3, -0.25) is 14.4 Å². The van der Waals surface area contributed by atoms with E-state index in [0.717, 1.165) is 36.1 Å². The molecule has 0 aliphatic carbocycles. The number of esters is 1. The lowest BCUT2D eigenvalue weighted by Gasteiger charge is -2.35. The summed E-state index contributed by atoms with van der Waals surface area (Å²) in [7, 11) is 0. The van der Waals surface area contributed by atoms with Crippen LogP contribution in [0.1, 0.15) is 30.4 Å². The fraction of sp³-hybridized carbons (Fsp3) is 0.519. The maximum Gasteiger partial charge on any atom is 0.312 e. The highest BCUT2D eigenvalue weighted by Crippen LogP contribution is 2.53. The largest absolute Gasteiger partial charge is 0.465 e. The van der Waals surface area contributed by atoms with Gasteiger partial charge in [0.1, 0.15) is 17.6 Å². The minimum absolute atomic E-state index is 0.0203. The molecule has 8 heteroatoms. The lowest BCUT2D eigenvalue weighted by atomic mass is 9.78. The van der Waals surface area contributed by atoms with Crippen LogP contribution >= 0.6 is 0 Å². The molecule has 0 radical (unpaired) electrons. The Morgan fingerprint density at radius 2 is 1.86 bits per heavy atom. The second-order valence-corrected chi connectivity index (χ2v) is 9.78. The number of para-hydroxylation sites is 1. The molecular formula is C27H32N2O6. The molecule has 35 heavy (non-hydrogen) atoms. The number of rotatable bonds is 3. The van der Waals surface area contributed by atoms with Gasteiger partial charge in [0.25, 0.3) is 5.91 Å². The third kappa shape index (κ3) is 3.70.